The number of benzene rings is 3. The maximum Gasteiger partial charge on any atom is 0.283 e. The molecule has 1 aliphatic rings. The summed E-state index contributed by atoms with van der Waals surface area (Å²) in [6.45, 7) is 3.83. The molecule has 0 saturated heterocycles. The van der Waals surface area contributed by atoms with E-state index in [1.165, 1.54) is 18.2 Å². The number of nitrogens with one attached hydrogen (secondary N) is 2. The fourth-order valence-electron chi connectivity index (χ4n) is 3.51. The molecule has 0 aromatic heterocycles. The van der Waals surface area contributed by atoms with E-state index in [4.69, 9.17) is 11.6 Å². The number of hydrogen-bond acceptors (Lipinski definition) is 4. The fraction of sp³-hybridized carbons (Fsp3) is 0.0800. The first-order valence-electron chi connectivity index (χ1n) is 10.1. The molecule has 0 aliphatic carbocycles. The lowest BCUT2D eigenvalue weighted by Gasteiger charge is -2.15. The number of hydrogen-bond donors (Lipinski definition) is 2. The van der Waals surface area contributed by atoms with Crippen LogP contribution in [0.1, 0.15) is 21.5 Å². The van der Waals surface area contributed by atoms with Crippen molar-refractivity contribution in [3.8, 4) is 0 Å². The third kappa shape index (κ3) is 4.23. The summed E-state index contributed by atoms with van der Waals surface area (Å²) >= 11 is 6.09. The van der Waals surface area contributed by atoms with Crippen molar-refractivity contribution < 1.29 is 18.8 Å². The van der Waals surface area contributed by atoms with Crippen LogP contribution in [-0.4, -0.2) is 17.7 Å². The average Bonchev–Trinajstić information content (AvgIpc) is 3.00. The van der Waals surface area contributed by atoms with Gasteiger partial charge in [-0.05, 0) is 61.4 Å². The van der Waals surface area contributed by atoms with E-state index in [9.17, 15) is 18.8 Å². The number of halogens is 2. The van der Waals surface area contributed by atoms with Gasteiger partial charge in [0, 0.05) is 16.9 Å². The summed E-state index contributed by atoms with van der Waals surface area (Å²) in [4.78, 5) is 38.6. The Labute approximate surface area is 194 Å². The zero-order valence-electron chi connectivity index (χ0n) is 17.8. The van der Waals surface area contributed by atoms with Gasteiger partial charge in [-0.15, -0.1) is 0 Å². The fourth-order valence-corrected chi connectivity index (χ4v) is 3.72. The monoisotopic (exact) mass is 463 g/mol. The van der Waals surface area contributed by atoms with E-state index in [2.05, 4.69) is 10.6 Å². The average molecular weight is 464 g/mol. The highest BCUT2D eigenvalue weighted by Crippen LogP contribution is 2.31. The molecule has 0 atom stereocenters. The molecule has 1 aliphatic heterocycles. The van der Waals surface area contributed by atoms with Crippen LogP contribution in [0.3, 0.4) is 0 Å². The number of carbonyl (C=O) groups excluding carboxylic acids is 3. The van der Waals surface area contributed by atoms with Crippen molar-refractivity contribution in [2.75, 3.05) is 15.5 Å². The molecule has 3 aromatic carbocycles. The lowest BCUT2D eigenvalue weighted by Crippen LogP contribution is -2.33. The number of imide groups is 1. The molecule has 0 bridgehead atoms. The van der Waals surface area contributed by atoms with Gasteiger partial charge in [0.2, 0.25) is 0 Å². The second-order valence-electron chi connectivity index (χ2n) is 7.51. The van der Waals surface area contributed by atoms with Gasteiger partial charge in [0.15, 0.2) is 0 Å². The van der Waals surface area contributed by atoms with Crippen LogP contribution in [0.4, 0.5) is 21.5 Å². The summed E-state index contributed by atoms with van der Waals surface area (Å²) in [5.41, 5.74) is 3.15. The minimum Gasteiger partial charge on any atom is -0.350 e. The summed E-state index contributed by atoms with van der Waals surface area (Å²) in [6, 6.07) is 17.5. The van der Waals surface area contributed by atoms with Gasteiger partial charge in [0.1, 0.15) is 16.5 Å². The molecule has 0 radical (unpaired) electrons. The molecule has 2 N–H and O–H groups in total. The molecule has 3 amide bonds. The van der Waals surface area contributed by atoms with Crippen molar-refractivity contribution in [2.45, 2.75) is 13.8 Å². The number of anilines is 3. The van der Waals surface area contributed by atoms with Crippen molar-refractivity contribution in [1.29, 1.82) is 0 Å². The van der Waals surface area contributed by atoms with Crippen LogP contribution in [0, 0.1) is 19.7 Å². The number of para-hydroxylation sites is 2. The van der Waals surface area contributed by atoms with E-state index in [1.54, 1.807) is 24.3 Å². The Morgan fingerprint density at radius 2 is 1.52 bits per heavy atom. The molecule has 0 fully saturated rings. The molecule has 166 valence electrons. The van der Waals surface area contributed by atoms with Crippen LogP contribution in [-0.2, 0) is 9.59 Å². The Morgan fingerprint density at radius 3 is 2.15 bits per heavy atom. The molecule has 1 heterocycles. The number of amides is 3. The molecular formula is C25H19ClFN3O3. The molecule has 33 heavy (non-hydrogen) atoms. The molecular weight excluding hydrogens is 445 g/mol. The quantitative estimate of drug-likeness (QED) is 0.514. The Kier molecular flexibility index (Phi) is 5.98. The van der Waals surface area contributed by atoms with Gasteiger partial charge in [0.25, 0.3) is 17.7 Å². The minimum absolute atomic E-state index is 0.169. The number of rotatable bonds is 5. The number of nitrogens with zero attached hydrogens (tertiary/aromatic N) is 1. The first kappa shape index (κ1) is 22.2. The van der Waals surface area contributed by atoms with E-state index < -0.39 is 17.6 Å². The molecule has 8 heteroatoms. The van der Waals surface area contributed by atoms with E-state index in [0.717, 1.165) is 22.9 Å². The van der Waals surface area contributed by atoms with Crippen molar-refractivity contribution in [2.24, 2.45) is 0 Å². The standard InChI is InChI=1S/C25H19ClFN3O3/c1-14-6-5-7-15(2)21(14)29-23(31)16-10-12-17(13-11-16)28-22-20(26)24(32)30(25(22)33)19-9-4-3-8-18(19)27/h3-13,28H,1-2H3,(H,29,31). The zero-order valence-corrected chi connectivity index (χ0v) is 18.5. The van der Waals surface area contributed by atoms with Gasteiger partial charge < -0.3 is 10.6 Å². The van der Waals surface area contributed by atoms with Crippen LogP contribution < -0.4 is 15.5 Å². The second-order valence-corrected chi connectivity index (χ2v) is 7.89. The largest absolute Gasteiger partial charge is 0.350 e. The summed E-state index contributed by atoms with van der Waals surface area (Å²) in [7, 11) is 0. The summed E-state index contributed by atoms with van der Waals surface area (Å²) in [5.74, 6) is -2.59. The Hall–Kier alpha value is -3.97. The SMILES string of the molecule is Cc1cccc(C)c1NC(=O)c1ccc(NC2=C(Cl)C(=O)N(c3ccccc3F)C2=O)cc1. The van der Waals surface area contributed by atoms with E-state index >= 15 is 0 Å². The Bertz CT molecular complexity index is 1300. The van der Waals surface area contributed by atoms with Crippen LogP contribution in [0.5, 0.6) is 0 Å². The van der Waals surface area contributed by atoms with Crippen molar-refractivity contribution in [1.82, 2.24) is 0 Å². The zero-order chi connectivity index (χ0) is 23.7. The summed E-state index contributed by atoms with van der Waals surface area (Å²) < 4.78 is 14.1. The maximum absolute atomic E-state index is 14.1. The predicted octanol–water partition coefficient (Wildman–Crippen LogP) is 5.13. The highest BCUT2D eigenvalue weighted by atomic mass is 35.5. The highest BCUT2D eigenvalue weighted by molar-refractivity contribution is 6.53. The third-order valence-corrected chi connectivity index (χ3v) is 5.61. The van der Waals surface area contributed by atoms with Crippen molar-refractivity contribution in [3.05, 3.63) is 100.0 Å². The Morgan fingerprint density at radius 1 is 0.879 bits per heavy atom. The van der Waals surface area contributed by atoms with Gasteiger partial charge in [0.05, 0.1) is 5.69 Å². The summed E-state index contributed by atoms with van der Waals surface area (Å²) in [6.07, 6.45) is 0. The molecule has 0 saturated carbocycles. The van der Waals surface area contributed by atoms with Gasteiger partial charge in [-0.2, -0.15) is 0 Å². The summed E-state index contributed by atoms with van der Waals surface area (Å²) in [5, 5.41) is 5.36. The third-order valence-electron chi connectivity index (χ3n) is 5.26. The number of carbonyl (C=O) groups is 3. The molecule has 0 unspecified atom stereocenters. The van der Waals surface area contributed by atoms with Gasteiger partial charge in [-0.25, -0.2) is 9.29 Å². The Balaban J connectivity index is 1.51. The highest BCUT2D eigenvalue weighted by Gasteiger charge is 2.40. The predicted molar refractivity (Wildman–Crippen MR) is 126 cm³/mol. The van der Waals surface area contributed by atoms with Crippen LogP contribution in [0.25, 0.3) is 0 Å². The lowest BCUT2D eigenvalue weighted by atomic mass is 10.1. The van der Waals surface area contributed by atoms with E-state index in [0.29, 0.717) is 16.2 Å². The minimum atomic E-state index is -0.820. The van der Waals surface area contributed by atoms with Gasteiger partial charge in [-0.1, -0.05) is 41.9 Å². The topological polar surface area (TPSA) is 78.5 Å². The molecule has 3 aromatic rings. The van der Waals surface area contributed by atoms with Crippen LogP contribution in [0.2, 0.25) is 0 Å². The van der Waals surface area contributed by atoms with E-state index in [1.807, 2.05) is 32.0 Å². The first-order chi connectivity index (χ1) is 15.8. The van der Waals surface area contributed by atoms with Crippen molar-refractivity contribution >= 4 is 46.4 Å². The maximum atomic E-state index is 14.1. The second kappa shape index (κ2) is 8.88. The first-order valence-corrected chi connectivity index (χ1v) is 10.4. The van der Waals surface area contributed by atoms with Gasteiger partial charge in [-0.3, -0.25) is 14.4 Å². The lowest BCUT2D eigenvalue weighted by molar-refractivity contribution is -0.120. The van der Waals surface area contributed by atoms with Gasteiger partial charge >= 0.3 is 0 Å². The van der Waals surface area contributed by atoms with Crippen LogP contribution >= 0.6 is 11.6 Å². The molecule has 0 spiro atoms. The van der Waals surface area contributed by atoms with Crippen molar-refractivity contribution in [3.63, 3.8) is 0 Å². The smallest absolute Gasteiger partial charge is 0.283 e. The molecule has 6 nitrogen and oxygen atoms in total. The number of aryl methyl sites for hydroxylation is 2. The van der Waals surface area contributed by atoms with E-state index in [-0.39, 0.29) is 22.3 Å². The van der Waals surface area contributed by atoms with Crippen LogP contribution in [0.15, 0.2) is 77.5 Å². The normalized spacial score (nSPS) is 13.5. The molecule has 4 rings (SSSR count).